The van der Waals surface area contributed by atoms with Gasteiger partial charge in [-0.1, -0.05) is 26.7 Å². The lowest BCUT2D eigenvalue weighted by Crippen LogP contribution is -2.34. The van der Waals surface area contributed by atoms with Crippen molar-refractivity contribution in [1.82, 2.24) is 5.32 Å². The molecular formula is C21H28N2O3. The van der Waals surface area contributed by atoms with Crippen molar-refractivity contribution in [2.24, 2.45) is 11.3 Å². The largest absolute Gasteiger partial charge is 0.356 e. The summed E-state index contributed by atoms with van der Waals surface area (Å²) in [5, 5.41) is 5.79. The number of hydrogen-bond donors (Lipinski definition) is 2. The van der Waals surface area contributed by atoms with E-state index in [1.165, 1.54) is 12.8 Å². The molecule has 5 nitrogen and oxygen atoms in total. The van der Waals surface area contributed by atoms with Crippen LogP contribution >= 0.6 is 0 Å². The standard InChI is InChI=1S/C21H28N2O3/c1-21(2,12-14-3-4-14)13-22-19(25)10-8-18(24)16-5-7-17-15(11-16)6-9-20(26)23-17/h5,7,11,14H,3-4,6,8-10,12-13H2,1-2H3,(H,22,25)(H,23,26). The monoisotopic (exact) mass is 356 g/mol. The second kappa shape index (κ2) is 7.60. The maximum atomic E-state index is 12.4. The van der Waals surface area contributed by atoms with Crippen LogP contribution in [0, 0.1) is 11.3 Å². The number of nitrogens with one attached hydrogen (secondary N) is 2. The Bertz CT molecular complexity index is 720. The van der Waals surface area contributed by atoms with Crippen LogP contribution in [0.4, 0.5) is 5.69 Å². The minimum atomic E-state index is -0.0626. The summed E-state index contributed by atoms with van der Waals surface area (Å²) in [5.41, 5.74) is 2.50. The lowest BCUT2D eigenvalue weighted by Gasteiger charge is -2.24. The van der Waals surface area contributed by atoms with Crippen molar-refractivity contribution < 1.29 is 14.4 Å². The summed E-state index contributed by atoms with van der Waals surface area (Å²) in [6, 6.07) is 5.34. The van der Waals surface area contributed by atoms with E-state index in [2.05, 4.69) is 24.5 Å². The van der Waals surface area contributed by atoms with E-state index < -0.39 is 0 Å². The average molecular weight is 356 g/mol. The Labute approximate surface area is 154 Å². The molecule has 2 amide bonds. The van der Waals surface area contributed by atoms with Crippen LogP contribution < -0.4 is 10.6 Å². The van der Waals surface area contributed by atoms with Gasteiger partial charge < -0.3 is 10.6 Å². The van der Waals surface area contributed by atoms with Crippen LogP contribution in [0.1, 0.15) is 68.3 Å². The van der Waals surface area contributed by atoms with Crippen LogP contribution in [0.25, 0.3) is 0 Å². The number of fused-ring (bicyclic) bond motifs is 1. The van der Waals surface area contributed by atoms with Gasteiger partial charge in [0.05, 0.1) is 0 Å². The zero-order valence-electron chi connectivity index (χ0n) is 15.7. The molecule has 0 aromatic heterocycles. The molecule has 0 bridgehead atoms. The predicted molar refractivity (Wildman–Crippen MR) is 101 cm³/mol. The fraction of sp³-hybridized carbons (Fsp3) is 0.571. The van der Waals surface area contributed by atoms with Crippen LogP contribution in [0.2, 0.25) is 0 Å². The Morgan fingerprint density at radius 1 is 1.19 bits per heavy atom. The molecule has 1 aliphatic heterocycles. The highest BCUT2D eigenvalue weighted by molar-refractivity contribution is 6.00. The topological polar surface area (TPSA) is 75.3 Å². The molecule has 1 aromatic rings. The Balaban J connectivity index is 1.46. The minimum absolute atomic E-state index is 0.0119. The highest BCUT2D eigenvalue weighted by atomic mass is 16.2. The quantitative estimate of drug-likeness (QED) is 0.700. The molecular weight excluding hydrogens is 328 g/mol. The van der Waals surface area contributed by atoms with Crippen molar-refractivity contribution in [3.05, 3.63) is 29.3 Å². The van der Waals surface area contributed by atoms with Gasteiger partial charge in [0.15, 0.2) is 5.78 Å². The van der Waals surface area contributed by atoms with E-state index in [9.17, 15) is 14.4 Å². The van der Waals surface area contributed by atoms with Crippen LogP contribution in [-0.4, -0.2) is 24.1 Å². The second-order valence-corrected chi connectivity index (χ2v) is 8.43. The molecule has 2 aliphatic rings. The maximum Gasteiger partial charge on any atom is 0.224 e. The first kappa shape index (κ1) is 18.6. The van der Waals surface area contributed by atoms with Crippen molar-refractivity contribution in [3.63, 3.8) is 0 Å². The Hall–Kier alpha value is -2.17. The smallest absolute Gasteiger partial charge is 0.224 e. The first-order valence-corrected chi connectivity index (χ1v) is 9.55. The summed E-state index contributed by atoms with van der Waals surface area (Å²) in [7, 11) is 0. The number of rotatable bonds is 8. The van der Waals surface area contributed by atoms with E-state index in [1.54, 1.807) is 12.1 Å². The average Bonchev–Trinajstić information content (AvgIpc) is 3.40. The van der Waals surface area contributed by atoms with Crippen molar-refractivity contribution in [2.75, 3.05) is 11.9 Å². The molecule has 0 radical (unpaired) electrons. The van der Waals surface area contributed by atoms with Gasteiger partial charge in [0.2, 0.25) is 11.8 Å². The molecule has 1 fully saturated rings. The van der Waals surface area contributed by atoms with E-state index in [0.717, 1.165) is 23.6 Å². The molecule has 0 saturated heterocycles. The zero-order valence-corrected chi connectivity index (χ0v) is 15.7. The lowest BCUT2D eigenvalue weighted by atomic mass is 9.87. The third-order valence-electron chi connectivity index (χ3n) is 5.20. The molecule has 0 spiro atoms. The van der Waals surface area contributed by atoms with Crippen molar-refractivity contribution in [3.8, 4) is 0 Å². The fourth-order valence-electron chi connectivity index (χ4n) is 3.53. The van der Waals surface area contributed by atoms with Gasteiger partial charge in [-0.2, -0.15) is 0 Å². The van der Waals surface area contributed by atoms with Gasteiger partial charge in [-0.15, -0.1) is 0 Å². The zero-order chi connectivity index (χ0) is 18.7. The van der Waals surface area contributed by atoms with Crippen molar-refractivity contribution in [2.45, 2.75) is 58.8 Å². The number of Topliss-reactive ketones (excluding diaryl/α,β-unsaturated/α-hetero) is 1. The van der Waals surface area contributed by atoms with Gasteiger partial charge in [-0.25, -0.2) is 0 Å². The number of benzene rings is 1. The van der Waals surface area contributed by atoms with Gasteiger partial charge >= 0.3 is 0 Å². The van der Waals surface area contributed by atoms with Crippen molar-refractivity contribution >= 4 is 23.3 Å². The van der Waals surface area contributed by atoms with Crippen LogP contribution in [-0.2, 0) is 16.0 Å². The molecule has 2 N–H and O–H groups in total. The molecule has 0 atom stereocenters. The molecule has 1 aromatic carbocycles. The van der Waals surface area contributed by atoms with Gasteiger partial charge in [0.1, 0.15) is 0 Å². The number of carbonyl (C=O) groups is 3. The SMILES string of the molecule is CC(C)(CNC(=O)CCC(=O)c1ccc2c(c1)CCC(=O)N2)CC1CC1. The number of hydrogen-bond acceptors (Lipinski definition) is 3. The lowest BCUT2D eigenvalue weighted by molar-refractivity contribution is -0.121. The number of carbonyl (C=O) groups excluding carboxylic acids is 3. The first-order chi connectivity index (χ1) is 12.3. The van der Waals surface area contributed by atoms with Gasteiger partial charge in [0, 0.05) is 37.1 Å². The fourth-order valence-corrected chi connectivity index (χ4v) is 3.53. The van der Waals surface area contributed by atoms with E-state index in [0.29, 0.717) is 24.9 Å². The summed E-state index contributed by atoms with van der Waals surface area (Å²) >= 11 is 0. The number of ketones is 1. The molecule has 1 aliphatic carbocycles. The van der Waals surface area contributed by atoms with Gasteiger partial charge in [0.25, 0.3) is 0 Å². The maximum absolute atomic E-state index is 12.4. The molecule has 0 unspecified atom stereocenters. The molecule has 5 heteroatoms. The number of amides is 2. The van der Waals surface area contributed by atoms with Crippen LogP contribution in [0.15, 0.2) is 18.2 Å². The first-order valence-electron chi connectivity index (χ1n) is 9.55. The van der Waals surface area contributed by atoms with E-state index in [4.69, 9.17) is 0 Å². The summed E-state index contributed by atoms with van der Waals surface area (Å²) in [6.45, 7) is 5.03. The number of aryl methyl sites for hydroxylation is 1. The van der Waals surface area contributed by atoms with E-state index >= 15 is 0 Å². The third kappa shape index (κ3) is 5.16. The second-order valence-electron chi connectivity index (χ2n) is 8.43. The van der Waals surface area contributed by atoms with Gasteiger partial charge in [-0.3, -0.25) is 14.4 Å². The highest BCUT2D eigenvalue weighted by Crippen LogP contribution is 2.39. The van der Waals surface area contributed by atoms with E-state index in [-0.39, 0.29) is 35.9 Å². The normalized spacial score (nSPS) is 16.6. The summed E-state index contributed by atoms with van der Waals surface area (Å²) in [6.07, 6.45) is 5.30. The van der Waals surface area contributed by atoms with E-state index in [1.807, 2.05) is 6.07 Å². The van der Waals surface area contributed by atoms with Crippen LogP contribution in [0.5, 0.6) is 0 Å². The summed E-state index contributed by atoms with van der Waals surface area (Å²) < 4.78 is 0. The third-order valence-corrected chi connectivity index (χ3v) is 5.20. The highest BCUT2D eigenvalue weighted by Gasteiger charge is 2.30. The summed E-state index contributed by atoms with van der Waals surface area (Å²) in [5.74, 6) is 0.750. The molecule has 1 saturated carbocycles. The molecule has 1 heterocycles. The Morgan fingerprint density at radius 3 is 2.69 bits per heavy atom. The molecule has 26 heavy (non-hydrogen) atoms. The predicted octanol–water partition coefficient (Wildman–Crippen LogP) is 3.48. The molecule has 140 valence electrons. The Kier molecular flexibility index (Phi) is 5.44. The van der Waals surface area contributed by atoms with Crippen molar-refractivity contribution in [1.29, 1.82) is 0 Å². The minimum Gasteiger partial charge on any atom is -0.356 e. The summed E-state index contributed by atoms with van der Waals surface area (Å²) in [4.78, 5) is 35.9. The Morgan fingerprint density at radius 2 is 1.96 bits per heavy atom. The molecule has 3 rings (SSSR count). The number of anilines is 1. The van der Waals surface area contributed by atoms with Crippen LogP contribution in [0.3, 0.4) is 0 Å². The van der Waals surface area contributed by atoms with Gasteiger partial charge in [-0.05, 0) is 47.9 Å².